The lowest BCUT2D eigenvalue weighted by Crippen LogP contribution is -2.13. The highest BCUT2D eigenvalue weighted by Gasteiger charge is 2.20. The van der Waals surface area contributed by atoms with Crippen molar-refractivity contribution in [1.82, 2.24) is 0 Å². The second-order valence-corrected chi connectivity index (χ2v) is 8.52. The van der Waals surface area contributed by atoms with E-state index in [4.69, 9.17) is 0 Å². The lowest BCUT2D eigenvalue weighted by atomic mass is 9.79. The van der Waals surface area contributed by atoms with E-state index in [0.29, 0.717) is 5.92 Å². The summed E-state index contributed by atoms with van der Waals surface area (Å²) in [4.78, 5) is 0. The molecule has 0 heterocycles. The van der Waals surface area contributed by atoms with Gasteiger partial charge >= 0.3 is 0 Å². The Bertz CT molecular complexity index is 989. The Balaban J connectivity index is 1.45. The second kappa shape index (κ2) is 9.76. The molecule has 0 spiro atoms. The quantitative estimate of drug-likeness (QED) is 0.342. The predicted molar refractivity (Wildman–Crippen MR) is 130 cm³/mol. The molecular formula is C30H32. The highest BCUT2D eigenvalue weighted by atomic mass is 14.2. The van der Waals surface area contributed by atoms with E-state index in [1.807, 2.05) is 12.2 Å². The maximum atomic E-state index is 3.82. The number of aryl methyl sites for hydroxylation is 3. The number of allylic oxidation sites excluding steroid dienone is 2. The van der Waals surface area contributed by atoms with Gasteiger partial charge in [0.2, 0.25) is 0 Å². The number of fused-ring (bicyclic) bond motifs is 1. The van der Waals surface area contributed by atoms with Gasteiger partial charge in [0.05, 0.1) is 0 Å². The van der Waals surface area contributed by atoms with Crippen molar-refractivity contribution in [1.29, 1.82) is 0 Å². The maximum Gasteiger partial charge on any atom is -0.0118 e. The number of rotatable bonds is 8. The van der Waals surface area contributed by atoms with Crippen LogP contribution in [0.2, 0.25) is 0 Å². The van der Waals surface area contributed by atoms with Gasteiger partial charge in [-0.05, 0) is 89.8 Å². The zero-order chi connectivity index (χ0) is 20.8. The number of hydrogen-bond donors (Lipinski definition) is 0. The standard InChI is InChI=1S/C30H32/c1-3-5-7-23-9-13-25(14-10-23)27-17-19-30-22-28(18-20-29(30)21-27)26-15-11-24(12-16-26)8-6-4-2/h3-4,9-17,19,21,28H,1-2,5-8,18,20,22H2. The van der Waals surface area contributed by atoms with Crippen LogP contribution in [0.4, 0.5) is 0 Å². The van der Waals surface area contributed by atoms with Crippen LogP contribution in [-0.4, -0.2) is 0 Å². The first-order chi connectivity index (χ1) is 14.8. The second-order valence-electron chi connectivity index (χ2n) is 8.52. The van der Waals surface area contributed by atoms with Crippen LogP contribution in [0.25, 0.3) is 11.1 Å². The molecule has 3 aromatic carbocycles. The molecule has 0 aromatic heterocycles. The fraction of sp³-hybridized carbons (Fsp3) is 0.267. The molecule has 152 valence electrons. The van der Waals surface area contributed by atoms with Crippen LogP contribution >= 0.6 is 0 Å². The minimum atomic E-state index is 0.640. The lowest BCUT2D eigenvalue weighted by molar-refractivity contribution is 0.585. The molecule has 1 atom stereocenters. The summed E-state index contributed by atoms with van der Waals surface area (Å²) in [6, 6.07) is 25.4. The first kappa shape index (κ1) is 20.4. The van der Waals surface area contributed by atoms with E-state index in [2.05, 4.69) is 79.9 Å². The molecular weight excluding hydrogens is 360 g/mol. The molecule has 0 fully saturated rings. The molecule has 0 saturated heterocycles. The first-order valence-corrected chi connectivity index (χ1v) is 11.3. The Hall–Kier alpha value is -2.86. The van der Waals surface area contributed by atoms with Gasteiger partial charge in [0.25, 0.3) is 0 Å². The summed E-state index contributed by atoms with van der Waals surface area (Å²) in [6.45, 7) is 7.64. The van der Waals surface area contributed by atoms with Gasteiger partial charge < -0.3 is 0 Å². The lowest BCUT2D eigenvalue weighted by Gasteiger charge is -2.26. The van der Waals surface area contributed by atoms with Crippen LogP contribution in [0, 0.1) is 0 Å². The van der Waals surface area contributed by atoms with Gasteiger partial charge in [0.1, 0.15) is 0 Å². The maximum absolute atomic E-state index is 3.82. The Labute approximate surface area is 182 Å². The number of hydrogen-bond acceptors (Lipinski definition) is 0. The van der Waals surface area contributed by atoms with E-state index in [-0.39, 0.29) is 0 Å². The van der Waals surface area contributed by atoms with Crippen molar-refractivity contribution < 1.29 is 0 Å². The van der Waals surface area contributed by atoms with Crippen molar-refractivity contribution in [2.24, 2.45) is 0 Å². The molecule has 1 unspecified atom stereocenters. The fourth-order valence-corrected chi connectivity index (χ4v) is 4.58. The van der Waals surface area contributed by atoms with E-state index < -0.39 is 0 Å². The molecule has 0 radical (unpaired) electrons. The van der Waals surface area contributed by atoms with Crippen molar-refractivity contribution in [3.63, 3.8) is 0 Å². The van der Waals surface area contributed by atoms with Crippen LogP contribution in [-0.2, 0) is 25.7 Å². The first-order valence-electron chi connectivity index (χ1n) is 11.3. The van der Waals surface area contributed by atoms with Gasteiger partial charge in [-0.25, -0.2) is 0 Å². The Morgan fingerprint density at radius 1 is 0.700 bits per heavy atom. The van der Waals surface area contributed by atoms with Crippen LogP contribution in [0.5, 0.6) is 0 Å². The summed E-state index contributed by atoms with van der Waals surface area (Å²) in [5.41, 5.74) is 9.99. The molecule has 1 aliphatic carbocycles. The molecule has 0 aliphatic heterocycles. The summed E-state index contributed by atoms with van der Waals surface area (Å²) in [7, 11) is 0. The molecule has 0 saturated carbocycles. The summed E-state index contributed by atoms with van der Waals surface area (Å²) < 4.78 is 0. The highest BCUT2D eigenvalue weighted by Crippen LogP contribution is 2.35. The van der Waals surface area contributed by atoms with Crippen LogP contribution in [0.1, 0.15) is 53.0 Å². The monoisotopic (exact) mass is 392 g/mol. The molecule has 30 heavy (non-hydrogen) atoms. The zero-order valence-corrected chi connectivity index (χ0v) is 17.9. The van der Waals surface area contributed by atoms with Gasteiger partial charge in [-0.1, -0.05) is 78.9 Å². The summed E-state index contributed by atoms with van der Waals surface area (Å²) >= 11 is 0. The summed E-state index contributed by atoms with van der Waals surface area (Å²) in [5.74, 6) is 0.640. The highest BCUT2D eigenvalue weighted by molar-refractivity contribution is 5.65. The summed E-state index contributed by atoms with van der Waals surface area (Å²) in [6.07, 6.45) is 11.8. The molecule has 0 nitrogen and oxygen atoms in total. The van der Waals surface area contributed by atoms with Crippen LogP contribution in [0.3, 0.4) is 0 Å². The Morgan fingerprint density at radius 2 is 1.30 bits per heavy atom. The van der Waals surface area contributed by atoms with Gasteiger partial charge in [0, 0.05) is 0 Å². The fourth-order valence-electron chi connectivity index (χ4n) is 4.58. The average Bonchev–Trinajstić information content (AvgIpc) is 2.81. The molecule has 0 amide bonds. The normalized spacial score (nSPS) is 15.4. The van der Waals surface area contributed by atoms with Gasteiger partial charge in [-0.3, -0.25) is 0 Å². The SMILES string of the molecule is C=CCCc1ccc(-c2ccc3c(c2)CCC(c2ccc(CCC=C)cc2)C3)cc1. The van der Waals surface area contributed by atoms with E-state index in [0.717, 1.165) is 32.1 Å². The molecule has 0 bridgehead atoms. The molecule has 0 heteroatoms. The average molecular weight is 393 g/mol. The topological polar surface area (TPSA) is 0 Å². The van der Waals surface area contributed by atoms with Gasteiger partial charge in [-0.15, -0.1) is 13.2 Å². The van der Waals surface area contributed by atoms with Crippen molar-refractivity contribution in [3.05, 3.63) is 120 Å². The van der Waals surface area contributed by atoms with E-state index in [1.165, 1.54) is 51.8 Å². The predicted octanol–water partition coefficient (Wildman–Crippen LogP) is 7.86. The van der Waals surface area contributed by atoms with Crippen molar-refractivity contribution in [2.45, 2.75) is 50.9 Å². The molecule has 0 N–H and O–H groups in total. The minimum absolute atomic E-state index is 0.640. The largest absolute Gasteiger partial charge is 0.103 e. The zero-order valence-electron chi connectivity index (χ0n) is 17.9. The van der Waals surface area contributed by atoms with Crippen molar-refractivity contribution in [3.8, 4) is 11.1 Å². The Kier molecular flexibility index (Phi) is 6.64. The third kappa shape index (κ3) is 4.82. The van der Waals surface area contributed by atoms with Crippen molar-refractivity contribution in [2.75, 3.05) is 0 Å². The minimum Gasteiger partial charge on any atom is -0.103 e. The Morgan fingerprint density at radius 3 is 1.93 bits per heavy atom. The van der Waals surface area contributed by atoms with Crippen LogP contribution in [0.15, 0.2) is 92.0 Å². The van der Waals surface area contributed by atoms with E-state index in [9.17, 15) is 0 Å². The van der Waals surface area contributed by atoms with Crippen molar-refractivity contribution >= 4 is 0 Å². The molecule has 1 aliphatic rings. The van der Waals surface area contributed by atoms with Crippen LogP contribution < -0.4 is 0 Å². The number of benzene rings is 3. The third-order valence-electron chi connectivity index (χ3n) is 6.45. The smallest absolute Gasteiger partial charge is 0.0118 e. The summed E-state index contributed by atoms with van der Waals surface area (Å²) in [5, 5.41) is 0. The molecule has 4 rings (SSSR count). The van der Waals surface area contributed by atoms with E-state index >= 15 is 0 Å². The van der Waals surface area contributed by atoms with E-state index in [1.54, 1.807) is 0 Å². The van der Waals surface area contributed by atoms with Gasteiger partial charge in [0.15, 0.2) is 0 Å². The molecule has 3 aromatic rings. The van der Waals surface area contributed by atoms with Gasteiger partial charge in [-0.2, -0.15) is 0 Å². The third-order valence-corrected chi connectivity index (χ3v) is 6.45.